The fourth-order valence-electron chi connectivity index (χ4n) is 3.96. The molecule has 0 saturated carbocycles. The number of piperazine rings is 1. The predicted molar refractivity (Wildman–Crippen MR) is 132 cm³/mol. The van der Waals surface area contributed by atoms with Gasteiger partial charge in [-0.25, -0.2) is 34.3 Å². The van der Waals surface area contributed by atoms with Crippen LogP contribution in [-0.2, 0) is 0 Å². The monoisotopic (exact) mass is 464 g/mol. The Morgan fingerprint density at radius 2 is 1.91 bits per heavy atom. The van der Waals surface area contributed by atoms with E-state index in [-0.39, 0.29) is 23.5 Å². The van der Waals surface area contributed by atoms with Gasteiger partial charge in [0.25, 0.3) is 0 Å². The molecule has 0 aliphatic carbocycles. The van der Waals surface area contributed by atoms with Crippen molar-refractivity contribution in [3.05, 3.63) is 47.6 Å². The van der Waals surface area contributed by atoms with Crippen LogP contribution in [0.15, 0.2) is 34.5 Å². The first-order chi connectivity index (χ1) is 16.4. The zero-order chi connectivity index (χ0) is 24.2. The lowest BCUT2D eigenvalue weighted by Gasteiger charge is -2.29. The van der Waals surface area contributed by atoms with Crippen LogP contribution in [-0.4, -0.2) is 63.2 Å². The van der Waals surface area contributed by atoms with Crippen LogP contribution >= 0.6 is 0 Å². The van der Waals surface area contributed by atoms with Crippen molar-refractivity contribution in [3.8, 4) is 0 Å². The van der Waals surface area contributed by atoms with E-state index in [1.807, 2.05) is 44.4 Å². The number of nitrogens with zero attached hydrogens (tertiary/aromatic N) is 8. The highest BCUT2D eigenvalue weighted by molar-refractivity contribution is 6.01. The summed E-state index contributed by atoms with van der Waals surface area (Å²) < 4.78 is 16.7. The molecule has 11 heteroatoms. The minimum Gasteiger partial charge on any atom is -0.368 e. The Balaban J connectivity index is 1.60. The van der Waals surface area contributed by atoms with Crippen molar-refractivity contribution in [1.29, 1.82) is 0 Å². The van der Waals surface area contributed by atoms with Crippen molar-refractivity contribution >= 4 is 35.8 Å². The van der Waals surface area contributed by atoms with Crippen molar-refractivity contribution in [1.82, 2.24) is 29.8 Å². The third-order valence-corrected chi connectivity index (χ3v) is 5.53. The number of aliphatic imine (C=N–C) groups is 2. The molecule has 4 rings (SSSR count). The highest BCUT2D eigenvalue weighted by Gasteiger charge is 2.18. The molecule has 0 spiro atoms. The number of amidine groups is 1. The van der Waals surface area contributed by atoms with Crippen LogP contribution in [0, 0.1) is 19.7 Å². The molecule has 34 heavy (non-hydrogen) atoms. The summed E-state index contributed by atoms with van der Waals surface area (Å²) in [5, 5.41) is 6.36. The van der Waals surface area contributed by atoms with Crippen LogP contribution in [0.5, 0.6) is 0 Å². The van der Waals surface area contributed by atoms with Gasteiger partial charge < -0.3 is 20.1 Å². The van der Waals surface area contributed by atoms with Gasteiger partial charge in [-0.1, -0.05) is 0 Å². The van der Waals surface area contributed by atoms with Gasteiger partial charge in [0.1, 0.15) is 17.3 Å². The first-order valence-electron chi connectivity index (χ1n) is 11.2. The fraction of sp³-hybridized carbons (Fsp3) is 0.391. The first kappa shape index (κ1) is 23.4. The van der Waals surface area contributed by atoms with E-state index in [0.29, 0.717) is 17.3 Å². The Bertz CT molecular complexity index is 1190. The molecule has 3 aromatic heterocycles. The zero-order valence-electron chi connectivity index (χ0n) is 19.9. The van der Waals surface area contributed by atoms with E-state index in [4.69, 9.17) is 0 Å². The summed E-state index contributed by atoms with van der Waals surface area (Å²) in [5.74, 6) is 1.54. The second kappa shape index (κ2) is 10.0. The van der Waals surface area contributed by atoms with Crippen LogP contribution in [0.3, 0.4) is 0 Å². The molecule has 0 aromatic carbocycles. The molecule has 178 valence electrons. The third-order valence-electron chi connectivity index (χ3n) is 5.53. The van der Waals surface area contributed by atoms with Gasteiger partial charge in [0.15, 0.2) is 17.5 Å². The van der Waals surface area contributed by atoms with Crippen molar-refractivity contribution in [2.45, 2.75) is 33.7 Å². The van der Waals surface area contributed by atoms with E-state index < -0.39 is 5.82 Å². The second-order valence-electron chi connectivity index (χ2n) is 8.28. The SMILES string of the molecule is C=N/C(=N\c1c(C)nc(C)n1C(C)C)c1nc(Nc2ccc(N3CCNCC3)cn2)ncc1F. The number of nitrogens with one attached hydrogen (secondary N) is 2. The summed E-state index contributed by atoms with van der Waals surface area (Å²) >= 11 is 0. The Kier molecular flexibility index (Phi) is 6.92. The van der Waals surface area contributed by atoms with Crippen LogP contribution in [0.25, 0.3) is 0 Å². The molecule has 0 bridgehead atoms. The number of rotatable bonds is 6. The van der Waals surface area contributed by atoms with E-state index in [1.54, 1.807) is 6.20 Å². The third kappa shape index (κ3) is 4.93. The lowest BCUT2D eigenvalue weighted by molar-refractivity contribution is 0.586. The molecule has 1 aliphatic heterocycles. The second-order valence-corrected chi connectivity index (χ2v) is 8.28. The number of halogens is 1. The predicted octanol–water partition coefficient (Wildman–Crippen LogP) is 3.34. The standard InChI is InChI=1S/C23H29FN10/c1-14(2)34-16(4)29-15(3)22(34)32-21(25-5)20-18(24)13-28-23(31-20)30-19-7-6-17(12-27-19)33-10-8-26-9-11-33/h6-7,12-14,26H,5,8-11H2,1-4H3,(H,27,28,30,31)/b32-21-. The average Bonchev–Trinajstić information content (AvgIpc) is 3.12. The van der Waals surface area contributed by atoms with Gasteiger partial charge >= 0.3 is 0 Å². The van der Waals surface area contributed by atoms with E-state index in [0.717, 1.165) is 43.9 Å². The minimum atomic E-state index is -0.649. The molecule has 1 fully saturated rings. The number of hydrogen-bond acceptors (Lipinski definition) is 8. The van der Waals surface area contributed by atoms with Gasteiger partial charge in [-0.15, -0.1) is 0 Å². The minimum absolute atomic E-state index is 0.0508. The molecule has 0 atom stereocenters. The van der Waals surface area contributed by atoms with Gasteiger partial charge in [-0.05, 0) is 46.5 Å². The molecule has 10 nitrogen and oxygen atoms in total. The van der Waals surface area contributed by atoms with Crippen molar-refractivity contribution in [3.63, 3.8) is 0 Å². The summed E-state index contributed by atoms with van der Waals surface area (Å²) in [6.45, 7) is 15.2. The van der Waals surface area contributed by atoms with Crippen LogP contribution in [0.2, 0.25) is 0 Å². The van der Waals surface area contributed by atoms with Crippen LogP contribution < -0.4 is 15.5 Å². The molecule has 3 aromatic rings. The normalized spacial score (nSPS) is 14.5. The van der Waals surface area contributed by atoms with Crippen molar-refractivity contribution < 1.29 is 4.39 Å². The summed E-state index contributed by atoms with van der Waals surface area (Å²) in [7, 11) is 0. The number of aryl methyl sites for hydroxylation is 2. The quantitative estimate of drug-likeness (QED) is 0.425. The Morgan fingerprint density at radius 3 is 2.56 bits per heavy atom. The van der Waals surface area contributed by atoms with E-state index in [2.05, 4.69) is 52.2 Å². The number of imidazole rings is 1. The summed E-state index contributed by atoms with van der Waals surface area (Å²) in [4.78, 5) is 28.1. The summed E-state index contributed by atoms with van der Waals surface area (Å²) in [6, 6.07) is 3.95. The topological polar surface area (TPSA) is 109 Å². The van der Waals surface area contributed by atoms with Gasteiger partial charge in [-0.2, -0.15) is 0 Å². The maximum absolute atomic E-state index is 14.7. The largest absolute Gasteiger partial charge is 0.368 e. The Hall–Kier alpha value is -3.73. The highest BCUT2D eigenvalue weighted by Crippen LogP contribution is 2.26. The highest BCUT2D eigenvalue weighted by atomic mass is 19.1. The molecule has 0 unspecified atom stereocenters. The lowest BCUT2D eigenvalue weighted by atomic mass is 10.3. The smallest absolute Gasteiger partial charge is 0.229 e. The zero-order valence-corrected chi connectivity index (χ0v) is 19.9. The molecule has 1 saturated heterocycles. The number of aromatic nitrogens is 5. The Morgan fingerprint density at radius 1 is 1.15 bits per heavy atom. The molecule has 1 aliphatic rings. The number of hydrogen-bond donors (Lipinski definition) is 2. The van der Waals surface area contributed by atoms with E-state index in [1.165, 1.54) is 0 Å². The van der Waals surface area contributed by atoms with Crippen LogP contribution in [0.4, 0.5) is 27.7 Å². The summed E-state index contributed by atoms with van der Waals surface area (Å²) in [5.41, 5.74) is 1.71. The van der Waals surface area contributed by atoms with Gasteiger partial charge in [-0.3, -0.25) is 0 Å². The number of anilines is 3. The molecule has 0 amide bonds. The van der Waals surface area contributed by atoms with E-state index >= 15 is 0 Å². The first-order valence-corrected chi connectivity index (χ1v) is 11.2. The van der Waals surface area contributed by atoms with Gasteiger partial charge in [0.2, 0.25) is 5.95 Å². The Labute approximate surface area is 198 Å². The number of pyridine rings is 1. The van der Waals surface area contributed by atoms with E-state index in [9.17, 15) is 4.39 Å². The molecular weight excluding hydrogens is 435 g/mol. The fourth-order valence-corrected chi connectivity index (χ4v) is 3.96. The van der Waals surface area contributed by atoms with Crippen molar-refractivity contribution in [2.24, 2.45) is 9.98 Å². The van der Waals surface area contributed by atoms with Gasteiger partial charge in [0.05, 0.1) is 23.8 Å². The maximum atomic E-state index is 14.7. The van der Waals surface area contributed by atoms with Crippen LogP contribution in [0.1, 0.15) is 37.1 Å². The molecule has 0 radical (unpaired) electrons. The van der Waals surface area contributed by atoms with Crippen molar-refractivity contribution in [2.75, 3.05) is 36.4 Å². The molecule has 2 N–H and O–H groups in total. The average molecular weight is 465 g/mol. The maximum Gasteiger partial charge on any atom is 0.229 e. The molecule has 4 heterocycles. The summed E-state index contributed by atoms with van der Waals surface area (Å²) in [6.07, 6.45) is 2.88. The molecular formula is C23H29FN10. The lowest BCUT2D eigenvalue weighted by Crippen LogP contribution is -2.43. The van der Waals surface area contributed by atoms with Gasteiger partial charge in [0, 0.05) is 32.2 Å².